The van der Waals surface area contributed by atoms with Gasteiger partial charge in [-0.3, -0.25) is 4.79 Å². The van der Waals surface area contributed by atoms with E-state index in [1.54, 1.807) is 42.5 Å². The van der Waals surface area contributed by atoms with Crippen LogP contribution in [-0.4, -0.2) is 28.1 Å². The standard InChI is InChI=1S/C21H14ClNO6/c22-14-8-6-12(7-9-14)17-10-15(20(25)26)18(29-17)11-16(21(27)28)23-19(24)13-4-2-1-3-5-13/h1-11H,(H,23,24)(H,25,26)(H,27,28)/b16-11+. The van der Waals surface area contributed by atoms with Crippen LogP contribution in [0.15, 0.2) is 70.8 Å². The molecule has 0 spiro atoms. The van der Waals surface area contributed by atoms with E-state index in [1.807, 2.05) is 0 Å². The molecule has 0 aliphatic carbocycles. The number of hydrogen-bond acceptors (Lipinski definition) is 4. The lowest BCUT2D eigenvalue weighted by Gasteiger charge is -2.05. The first-order valence-corrected chi connectivity index (χ1v) is 8.67. The van der Waals surface area contributed by atoms with Gasteiger partial charge in [0.1, 0.15) is 22.8 Å². The zero-order valence-corrected chi connectivity index (χ0v) is 15.5. The number of carboxylic acid groups (broad SMARTS) is 2. The van der Waals surface area contributed by atoms with E-state index in [1.165, 1.54) is 18.2 Å². The summed E-state index contributed by atoms with van der Waals surface area (Å²) in [6.45, 7) is 0. The summed E-state index contributed by atoms with van der Waals surface area (Å²) in [7, 11) is 0. The van der Waals surface area contributed by atoms with Gasteiger partial charge in [-0.2, -0.15) is 0 Å². The van der Waals surface area contributed by atoms with Gasteiger partial charge in [-0.15, -0.1) is 0 Å². The first kappa shape index (κ1) is 19.9. The SMILES string of the molecule is O=C(O)/C(=C\c1oc(-c2ccc(Cl)cc2)cc1C(=O)O)NC(=O)c1ccccc1. The maximum atomic E-state index is 12.3. The lowest BCUT2D eigenvalue weighted by Crippen LogP contribution is -2.27. The third-order valence-electron chi connectivity index (χ3n) is 3.91. The first-order valence-electron chi connectivity index (χ1n) is 8.29. The average Bonchev–Trinajstić information content (AvgIpc) is 3.12. The van der Waals surface area contributed by atoms with Crippen molar-refractivity contribution in [3.63, 3.8) is 0 Å². The summed E-state index contributed by atoms with van der Waals surface area (Å²) in [5, 5.41) is 21.6. The maximum Gasteiger partial charge on any atom is 0.352 e. The number of benzene rings is 2. The molecule has 3 aromatic rings. The van der Waals surface area contributed by atoms with Gasteiger partial charge in [0.15, 0.2) is 0 Å². The monoisotopic (exact) mass is 411 g/mol. The van der Waals surface area contributed by atoms with Crippen LogP contribution in [0, 0.1) is 0 Å². The molecule has 3 rings (SSSR count). The molecule has 3 N–H and O–H groups in total. The van der Waals surface area contributed by atoms with Crippen LogP contribution < -0.4 is 5.32 Å². The van der Waals surface area contributed by atoms with Crippen molar-refractivity contribution in [3.05, 3.63) is 88.3 Å². The van der Waals surface area contributed by atoms with Crippen LogP contribution in [0.3, 0.4) is 0 Å². The summed E-state index contributed by atoms with van der Waals surface area (Å²) in [5.41, 5.74) is 0.0298. The van der Waals surface area contributed by atoms with Gasteiger partial charge in [-0.25, -0.2) is 9.59 Å². The number of rotatable bonds is 6. The van der Waals surface area contributed by atoms with Crippen LogP contribution in [0.25, 0.3) is 17.4 Å². The number of carbonyl (C=O) groups excluding carboxylic acids is 1. The van der Waals surface area contributed by atoms with Crippen molar-refractivity contribution in [2.24, 2.45) is 0 Å². The quantitative estimate of drug-likeness (QED) is 0.524. The predicted octanol–water partition coefficient (Wildman–Crippen LogP) is 4.15. The number of carboxylic acids is 2. The Kier molecular flexibility index (Phi) is 5.80. The van der Waals surface area contributed by atoms with Crippen LogP contribution >= 0.6 is 11.6 Å². The van der Waals surface area contributed by atoms with Gasteiger partial charge in [0.25, 0.3) is 5.91 Å². The normalized spacial score (nSPS) is 11.1. The van der Waals surface area contributed by atoms with Crippen LogP contribution in [0.1, 0.15) is 26.5 Å². The molecule has 8 heteroatoms. The molecule has 7 nitrogen and oxygen atoms in total. The van der Waals surface area contributed by atoms with E-state index in [0.717, 1.165) is 6.08 Å². The fraction of sp³-hybridized carbons (Fsp3) is 0. The first-order chi connectivity index (χ1) is 13.8. The molecule has 0 unspecified atom stereocenters. The smallest absolute Gasteiger partial charge is 0.352 e. The second-order valence-electron chi connectivity index (χ2n) is 5.88. The molecule has 0 bridgehead atoms. The Morgan fingerprint density at radius 1 is 0.966 bits per heavy atom. The van der Waals surface area contributed by atoms with Crippen molar-refractivity contribution in [2.75, 3.05) is 0 Å². The molecule has 1 amide bonds. The molecule has 0 fully saturated rings. The fourth-order valence-electron chi connectivity index (χ4n) is 2.50. The van der Waals surface area contributed by atoms with E-state index in [9.17, 15) is 24.6 Å². The van der Waals surface area contributed by atoms with E-state index in [2.05, 4.69) is 5.32 Å². The number of aromatic carboxylic acids is 1. The third-order valence-corrected chi connectivity index (χ3v) is 4.16. The van der Waals surface area contributed by atoms with E-state index in [-0.39, 0.29) is 22.6 Å². The summed E-state index contributed by atoms with van der Waals surface area (Å²) in [6.07, 6.45) is 0.964. The molecule has 146 valence electrons. The lowest BCUT2D eigenvalue weighted by atomic mass is 10.1. The Balaban J connectivity index is 1.98. The molecule has 0 aliphatic heterocycles. The minimum absolute atomic E-state index is 0.212. The van der Waals surface area contributed by atoms with Gasteiger partial charge in [0.05, 0.1) is 0 Å². The van der Waals surface area contributed by atoms with Crippen molar-refractivity contribution in [2.45, 2.75) is 0 Å². The molecule has 0 atom stereocenters. The number of halogens is 1. The largest absolute Gasteiger partial charge is 0.478 e. The molecular weight excluding hydrogens is 398 g/mol. The van der Waals surface area contributed by atoms with Crippen molar-refractivity contribution in [1.82, 2.24) is 5.32 Å². The predicted molar refractivity (Wildman–Crippen MR) is 106 cm³/mol. The van der Waals surface area contributed by atoms with Gasteiger partial charge in [-0.05, 0) is 42.5 Å². The molecule has 0 radical (unpaired) electrons. The van der Waals surface area contributed by atoms with Crippen molar-refractivity contribution >= 4 is 35.5 Å². The van der Waals surface area contributed by atoms with Gasteiger partial charge >= 0.3 is 11.9 Å². The maximum absolute atomic E-state index is 12.3. The minimum Gasteiger partial charge on any atom is -0.478 e. The number of nitrogens with one attached hydrogen (secondary N) is 1. The number of aliphatic carboxylic acids is 1. The van der Waals surface area contributed by atoms with Gasteiger partial charge < -0.3 is 19.9 Å². The second kappa shape index (κ2) is 8.45. The van der Waals surface area contributed by atoms with Gasteiger partial charge in [0.2, 0.25) is 0 Å². The van der Waals surface area contributed by atoms with Gasteiger partial charge in [-0.1, -0.05) is 29.8 Å². The van der Waals surface area contributed by atoms with E-state index in [4.69, 9.17) is 16.0 Å². The molecule has 0 aliphatic rings. The topological polar surface area (TPSA) is 117 Å². The van der Waals surface area contributed by atoms with Crippen LogP contribution in [0.5, 0.6) is 0 Å². The number of carbonyl (C=O) groups is 3. The Hall–Kier alpha value is -3.84. The molecule has 1 aromatic heterocycles. The van der Waals surface area contributed by atoms with E-state index < -0.39 is 23.5 Å². The highest BCUT2D eigenvalue weighted by Gasteiger charge is 2.20. The molecule has 0 saturated carbocycles. The lowest BCUT2D eigenvalue weighted by molar-refractivity contribution is -0.132. The Labute approximate surface area is 169 Å². The minimum atomic E-state index is -1.45. The van der Waals surface area contributed by atoms with E-state index in [0.29, 0.717) is 10.6 Å². The summed E-state index contributed by atoms with van der Waals surface area (Å²) >= 11 is 5.85. The molecule has 29 heavy (non-hydrogen) atoms. The highest BCUT2D eigenvalue weighted by Crippen LogP contribution is 2.28. The van der Waals surface area contributed by atoms with Crippen molar-refractivity contribution < 1.29 is 29.0 Å². The van der Waals surface area contributed by atoms with Crippen LogP contribution in [0.4, 0.5) is 0 Å². The second-order valence-corrected chi connectivity index (χ2v) is 6.32. The Bertz CT molecular complexity index is 1100. The fourth-order valence-corrected chi connectivity index (χ4v) is 2.63. The Morgan fingerprint density at radius 3 is 2.21 bits per heavy atom. The zero-order chi connectivity index (χ0) is 21.0. The average molecular weight is 412 g/mol. The summed E-state index contributed by atoms with van der Waals surface area (Å²) in [5.74, 6) is -3.41. The van der Waals surface area contributed by atoms with E-state index >= 15 is 0 Å². The van der Waals surface area contributed by atoms with Crippen LogP contribution in [-0.2, 0) is 4.79 Å². The van der Waals surface area contributed by atoms with Gasteiger partial charge in [0, 0.05) is 22.2 Å². The highest BCUT2D eigenvalue weighted by molar-refractivity contribution is 6.30. The van der Waals surface area contributed by atoms with Crippen LogP contribution in [0.2, 0.25) is 5.02 Å². The third kappa shape index (κ3) is 4.72. The summed E-state index contributed by atoms with van der Waals surface area (Å²) < 4.78 is 5.56. The molecule has 1 heterocycles. The molecule has 2 aromatic carbocycles. The summed E-state index contributed by atoms with van der Waals surface area (Å²) in [6, 6.07) is 15.8. The molecule has 0 saturated heterocycles. The zero-order valence-electron chi connectivity index (χ0n) is 14.8. The highest BCUT2D eigenvalue weighted by atomic mass is 35.5. The summed E-state index contributed by atoms with van der Waals surface area (Å²) in [4.78, 5) is 35.4. The number of hydrogen-bond donors (Lipinski definition) is 3. The molecular formula is C21H14ClNO6. The number of furan rings is 1. The van der Waals surface area contributed by atoms with Crippen molar-refractivity contribution in [1.29, 1.82) is 0 Å². The number of amides is 1. The Morgan fingerprint density at radius 2 is 1.62 bits per heavy atom. The van der Waals surface area contributed by atoms with Crippen molar-refractivity contribution in [3.8, 4) is 11.3 Å².